The summed E-state index contributed by atoms with van der Waals surface area (Å²) in [7, 11) is 0. The lowest BCUT2D eigenvalue weighted by Crippen LogP contribution is -1.85. The third-order valence-corrected chi connectivity index (χ3v) is 1.15. The zero-order valence-corrected chi connectivity index (χ0v) is 4.93. The predicted octanol–water partition coefficient (Wildman–Crippen LogP) is 1.24. The number of thioether (sulfide) groups is 1. The average molecular weight is 122 g/mol. The van der Waals surface area contributed by atoms with E-state index in [1.54, 1.807) is 0 Å². The van der Waals surface area contributed by atoms with Crippen molar-refractivity contribution in [2.45, 2.75) is 6.92 Å². The normalized spacial score (nSPS) is 8.86. The molecule has 42 valence electrons. The predicted molar refractivity (Wildman–Crippen MR) is 29.1 cm³/mol. The van der Waals surface area contributed by atoms with Crippen LogP contribution in [0.3, 0.4) is 0 Å². The molecule has 0 unspecified atom stereocenters. The van der Waals surface area contributed by atoms with Gasteiger partial charge in [-0.25, -0.2) is 0 Å². The second-order valence-electron chi connectivity index (χ2n) is 1.03. The summed E-state index contributed by atoms with van der Waals surface area (Å²) < 4.78 is 11.2. The molecule has 7 heavy (non-hydrogen) atoms. The Balaban J connectivity index is 2.82. The van der Waals surface area contributed by atoms with Crippen LogP contribution in [0.1, 0.15) is 6.92 Å². The van der Waals surface area contributed by atoms with Gasteiger partial charge in [-0.1, -0.05) is 11.8 Å². The minimum atomic E-state index is -0.412. The van der Waals surface area contributed by atoms with Gasteiger partial charge in [0, 0.05) is 12.7 Å². The summed E-state index contributed by atoms with van der Waals surface area (Å²) in [5.74, 6) is 0.301. The Morgan fingerprint density at radius 2 is 2.43 bits per heavy atom. The van der Waals surface area contributed by atoms with Gasteiger partial charge in [-0.2, -0.15) is 0 Å². The van der Waals surface area contributed by atoms with Gasteiger partial charge in [-0.15, -0.1) is 0 Å². The first-order valence-electron chi connectivity index (χ1n) is 1.96. The Morgan fingerprint density at radius 1 is 1.86 bits per heavy atom. The van der Waals surface area contributed by atoms with Crippen LogP contribution in [0.4, 0.5) is 4.39 Å². The van der Waals surface area contributed by atoms with E-state index in [2.05, 4.69) is 0 Å². The van der Waals surface area contributed by atoms with Crippen molar-refractivity contribution in [1.29, 1.82) is 0 Å². The second-order valence-corrected chi connectivity index (χ2v) is 2.30. The van der Waals surface area contributed by atoms with E-state index in [9.17, 15) is 9.18 Å². The Bertz CT molecular complexity index is 64.7. The number of carbonyl (C=O) groups is 1. The minimum Gasteiger partial charge on any atom is -0.288 e. The Labute approximate surface area is 46.3 Å². The van der Waals surface area contributed by atoms with Crippen molar-refractivity contribution in [3.63, 3.8) is 0 Å². The quantitative estimate of drug-likeness (QED) is 0.548. The molecule has 1 nitrogen and oxygen atoms in total. The van der Waals surface area contributed by atoms with Gasteiger partial charge in [0.25, 0.3) is 0 Å². The molecular weight excluding hydrogens is 115 g/mol. The van der Waals surface area contributed by atoms with Gasteiger partial charge in [0.05, 0.1) is 6.67 Å². The highest BCUT2D eigenvalue weighted by molar-refractivity contribution is 8.13. The molecule has 0 aliphatic heterocycles. The van der Waals surface area contributed by atoms with E-state index >= 15 is 0 Å². The molecule has 0 spiro atoms. The lowest BCUT2D eigenvalue weighted by Gasteiger charge is -1.84. The van der Waals surface area contributed by atoms with Crippen LogP contribution in [-0.4, -0.2) is 17.5 Å². The Morgan fingerprint density at radius 3 is 2.57 bits per heavy atom. The van der Waals surface area contributed by atoms with Crippen molar-refractivity contribution in [2.75, 3.05) is 12.4 Å². The van der Waals surface area contributed by atoms with E-state index in [-0.39, 0.29) is 5.12 Å². The zero-order valence-electron chi connectivity index (χ0n) is 4.11. The van der Waals surface area contributed by atoms with Crippen LogP contribution in [0.25, 0.3) is 0 Å². The molecule has 0 saturated carbocycles. The van der Waals surface area contributed by atoms with Crippen molar-refractivity contribution in [2.24, 2.45) is 0 Å². The first-order chi connectivity index (χ1) is 3.27. The van der Waals surface area contributed by atoms with Crippen molar-refractivity contribution in [3.8, 4) is 0 Å². The van der Waals surface area contributed by atoms with Crippen molar-refractivity contribution in [3.05, 3.63) is 0 Å². The third kappa shape index (κ3) is 5.95. The highest BCUT2D eigenvalue weighted by atomic mass is 32.2. The summed E-state index contributed by atoms with van der Waals surface area (Å²) in [6, 6.07) is 0. The fraction of sp³-hybridized carbons (Fsp3) is 0.750. The summed E-state index contributed by atoms with van der Waals surface area (Å²) >= 11 is 1.02. The lowest BCUT2D eigenvalue weighted by molar-refractivity contribution is -0.109. The number of hydrogen-bond donors (Lipinski definition) is 0. The molecule has 0 heterocycles. The molecule has 3 heteroatoms. The maximum Gasteiger partial charge on any atom is 0.185 e. The van der Waals surface area contributed by atoms with Crippen molar-refractivity contribution < 1.29 is 9.18 Å². The minimum absolute atomic E-state index is 0.0161. The molecule has 0 amide bonds. The monoisotopic (exact) mass is 122 g/mol. The highest BCUT2D eigenvalue weighted by Gasteiger charge is 1.89. The lowest BCUT2D eigenvalue weighted by atomic mass is 10.9. The third-order valence-electron chi connectivity index (χ3n) is 0.382. The second kappa shape index (κ2) is 4.12. The number of hydrogen-bond acceptors (Lipinski definition) is 2. The summed E-state index contributed by atoms with van der Waals surface area (Å²) in [5, 5.41) is -0.0161. The maximum atomic E-state index is 11.2. The summed E-state index contributed by atoms with van der Waals surface area (Å²) in [6.45, 7) is 1.02. The van der Waals surface area contributed by atoms with Crippen LogP contribution >= 0.6 is 11.8 Å². The summed E-state index contributed by atoms with van der Waals surface area (Å²) in [5.41, 5.74) is 0. The molecule has 0 bridgehead atoms. The molecule has 0 N–H and O–H groups in total. The van der Waals surface area contributed by atoms with E-state index in [0.717, 1.165) is 11.8 Å². The van der Waals surface area contributed by atoms with Gasteiger partial charge in [0.2, 0.25) is 0 Å². The van der Waals surface area contributed by atoms with E-state index in [1.165, 1.54) is 6.92 Å². The van der Waals surface area contributed by atoms with Gasteiger partial charge in [0.1, 0.15) is 0 Å². The van der Waals surface area contributed by atoms with Gasteiger partial charge >= 0.3 is 0 Å². The topological polar surface area (TPSA) is 17.1 Å². The SMILES string of the molecule is CC(=O)SCCF. The fourth-order valence-corrected chi connectivity index (χ4v) is 0.547. The van der Waals surface area contributed by atoms with Crippen LogP contribution in [0.15, 0.2) is 0 Å². The first kappa shape index (κ1) is 6.95. The number of halogens is 1. The molecule has 0 saturated heterocycles. The molecule has 0 radical (unpaired) electrons. The molecule has 0 aliphatic rings. The number of rotatable bonds is 2. The van der Waals surface area contributed by atoms with Crippen LogP contribution in [0, 0.1) is 0 Å². The molecule has 0 aromatic rings. The van der Waals surface area contributed by atoms with Crippen LogP contribution in [-0.2, 0) is 4.79 Å². The smallest absolute Gasteiger partial charge is 0.185 e. The molecule has 0 fully saturated rings. The Hall–Kier alpha value is -0.0500. The maximum absolute atomic E-state index is 11.2. The van der Waals surface area contributed by atoms with Gasteiger partial charge in [-0.3, -0.25) is 9.18 Å². The van der Waals surface area contributed by atoms with Crippen molar-refractivity contribution >= 4 is 16.9 Å². The molecule has 0 aromatic heterocycles. The number of carbonyl (C=O) groups excluding carboxylic acids is 1. The standard InChI is InChI=1S/C4H7FOS/c1-4(6)7-3-2-5/h2-3H2,1H3. The van der Waals surface area contributed by atoms with Crippen LogP contribution < -0.4 is 0 Å². The van der Waals surface area contributed by atoms with Crippen LogP contribution in [0.5, 0.6) is 0 Å². The van der Waals surface area contributed by atoms with E-state index in [0.29, 0.717) is 5.75 Å². The number of alkyl halides is 1. The highest BCUT2D eigenvalue weighted by Crippen LogP contribution is 1.98. The molecule has 0 aromatic carbocycles. The summed E-state index contributed by atoms with van der Waals surface area (Å²) in [6.07, 6.45) is 0. The fourth-order valence-electron chi connectivity index (χ4n) is 0.182. The molecule has 0 rings (SSSR count). The van der Waals surface area contributed by atoms with E-state index in [4.69, 9.17) is 0 Å². The van der Waals surface area contributed by atoms with Crippen LogP contribution in [0.2, 0.25) is 0 Å². The first-order valence-corrected chi connectivity index (χ1v) is 2.95. The summed E-state index contributed by atoms with van der Waals surface area (Å²) in [4.78, 5) is 10.00. The molecule has 0 atom stereocenters. The molecular formula is C4H7FOS. The zero-order chi connectivity index (χ0) is 5.70. The van der Waals surface area contributed by atoms with Crippen molar-refractivity contribution in [1.82, 2.24) is 0 Å². The molecule has 0 aliphatic carbocycles. The Kier molecular flexibility index (Phi) is 4.09. The van der Waals surface area contributed by atoms with E-state index < -0.39 is 6.67 Å². The van der Waals surface area contributed by atoms with Gasteiger partial charge in [0.15, 0.2) is 5.12 Å². The van der Waals surface area contributed by atoms with Gasteiger partial charge in [-0.05, 0) is 0 Å². The van der Waals surface area contributed by atoms with Gasteiger partial charge < -0.3 is 0 Å². The van der Waals surface area contributed by atoms with E-state index in [1.807, 2.05) is 0 Å². The largest absolute Gasteiger partial charge is 0.288 e. The average Bonchev–Trinajstić information content (AvgIpc) is 1.61.